The molecule has 0 aliphatic carbocycles. The van der Waals surface area contributed by atoms with Crippen molar-refractivity contribution in [2.24, 2.45) is 5.11 Å². The number of aliphatic hydroxyl groups excluding tert-OH is 4. The number of benzene rings is 1. The molecule has 0 radical (unpaired) electrons. The van der Waals surface area contributed by atoms with Crippen LogP contribution in [0.15, 0.2) is 29.4 Å². The molecule has 1 aliphatic heterocycles. The van der Waals surface area contributed by atoms with Crippen LogP contribution in [0.5, 0.6) is 5.75 Å². The van der Waals surface area contributed by atoms with Crippen LogP contribution in [-0.4, -0.2) is 57.7 Å². The van der Waals surface area contributed by atoms with Gasteiger partial charge >= 0.3 is 0 Å². The standard InChI is InChI=1S/C12H15N3O6/c13-15-14-6-1-3-7(4-2-6)20-12-11(19)10(18)9(17)8(5-16)21-12/h1-4,8-12,16-19H,5H2/t8-,9+,10+,11-,12?/m1/s1. The highest BCUT2D eigenvalue weighted by molar-refractivity contribution is 5.41. The van der Waals surface area contributed by atoms with Crippen molar-refractivity contribution in [3.8, 4) is 5.75 Å². The van der Waals surface area contributed by atoms with Crippen molar-refractivity contribution in [1.82, 2.24) is 0 Å². The van der Waals surface area contributed by atoms with E-state index in [0.29, 0.717) is 11.4 Å². The quantitative estimate of drug-likeness (QED) is 0.344. The number of nitrogens with zero attached hydrogens (tertiary/aromatic N) is 3. The third-order valence-corrected chi connectivity index (χ3v) is 3.10. The number of aliphatic hydroxyl groups is 4. The largest absolute Gasteiger partial charge is 0.462 e. The molecule has 2 rings (SSSR count). The predicted octanol–water partition coefficient (Wildman–Crippen LogP) is -0.193. The SMILES string of the molecule is [N-]=[N+]=Nc1ccc(OC2O[C@H](CO)[C@H](O)[C@H](O)[C@H]2O)cc1. The highest BCUT2D eigenvalue weighted by atomic mass is 16.7. The van der Waals surface area contributed by atoms with Gasteiger partial charge in [-0.15, -0.1) is 0 Å². The zero-order valence-corrected chi connectivity index (χ0v) is 10.9. The zero-order valence-electron chi connectivity index (χ0n) is 10.9. The van der Waals surface area contributed by atoms with Crippen molar-refractivity contribution < 1.29 is 29.9 Å². The highest BCUT2D eigenvalue weighted by Crippen LogP contribution is 2.25. The molecule has 1 aliphatic rings. The lowest BCUT2D eigenvalue weighted by Crippen LogP contribution is -2.60. The van der Waals surface area contributed by atoms with Gasteiger partial charge in [0, 0.05) is 10.6 Å². The Morgan fingerprint density at radius 3 is 2.38 bits per heavy atom. The van der Waals surface area contributed by atoms with Crippen LogP contribution in [0.1, 0.15) is 0 Å². The van der Waals surface area contributed by atoms with E-state index in [1.54, 1.807) is 0 Å². The molecule has 1 heterocycles. The summed E-state index contributed by atoms with van der Waals surface area (Å²) >= 11 is 0. The second-order valence-corrected chi connectivity index (χ2v) is 4.50. The predicted molar refractivity (Wildman–Crippen MR) is 69.6 cm³/mol. The van der Waals surface area contributed by atoms with Crippen LogP contribution in [0.25, 0.3) is 10.4 Å². The van der Waals surface area contributed by atoms with Gasteiger partial charge in [0.1, 0.15) is 30.2 Å². The van der Waals surface area contributed by atoms with E-state index in [0.717, 1.165) is 0 Å². The summed E-state index contributed by atoms with van der Waals surface area (Å²) in [6.07, 6.45) is -6.68. The molecule has 114 valence electrons. The fraction of sp³-hybridized carbons (Fsp3) is 0.500. The van der Waals surface area contributed by atoms with Crippen LogP contribution in [0, 0.1) is 0 Å². The smallest absolute Gasteiger partial charge is 0.229 e. The topological polar surface area (TPSA) is 148 Å². The molecule has 1 saturated heterocycles. The van der Waals surface area contributed by atoms with Crippen molar-refractivity contribution in [1.29, 1.82) is 0 Å². The molecule has 9 heteroatoms. The Morgan fingerprint density at radius 1 is 1.14 bits per heavy atom. The van der Waals surface area contributed by atoms with Crippen LogP contribution in [0.4, 0.5) is 5.69 Å². The van der Waals surface area contributed by atoms with Crippen molar-refractivity contribution in [2.45, 2.75) is 30.7 Å². The Kier molecular flexibility index (Phi) is 4.97. The van der Waals surface area contributed by atoms with Crippen LogP contribution >= 0.6 is 0 Å². The summed E-state index contributed by atoms with van der Waals surface area (Å²) < 4.78 is 10.6. The minimum absolute atomic E-state index is 0.302. The lowest BCUT2D eigenvalue weighted by Gasteiger charge is -2.39. The first-order valence-electron chi connectivity index (χ1n) is 6.19. The van der Waals surface area contributed by atoms with E-state index in [9.17, 15) is 15.3 Å². The van der Waals surface area contributed by atoms with Crippen molar-refractivity contribution in [2.75, 3.05) is 6.61 Å². The molecule has 4 N–H and O–H groups in total. The molecule has 0 amide bonds. The lowest BCUT2D eigenvalue weighted by atomic mass is 9.99. The molecule has 1 aromatic rings. The molecule has 1 unspecified atom stereocenters. The Labute approximate surface area is 119 Å². The van der Waals surface area contributed by atoms with Gasteiger partial charge in [0.05, 0.1) is 6.61 Å². The summed E-state index contributed by atoms with van der Waals surface area (Å²) in [5, 5.41) is 41.5. The van der Waals surface area contributed by atoms with Gasteiger partial charge in [-0.25, -0.2) is 0 Å². The molecule has 0 saturated carbocycles. The van der Waals surface area contributed by atoms with Crippen LogP contribution < -0.4 is 4.74 Å². The van der Waals surface area contributed by atoms with Crippen molar-refractivity contribution >= 4 is 5.69 Å². The number of rotatable bonds is 4. The normalized spacial score (nSPS) is 32.3. The first-order valence-corrected chi connectivity index (χ1v) is 6.19. The van der Waals surface area contributed by atoms with Crippen molar-refractivity contribution in [3.05, 3.63) is 34.7 Å². The summed E-state index contributed by atoms with van der Waals surface area (Å²) in [6.45, 7) is -0.527. The number of ether oxygens (including phenoxy) is 2. The summed E-state index contributed by atoms with van der Waals surface area (Å²) in [5.74, 6) is 0.302. The molecular formula is C12H15N3O6. The summed E-state index contributed by atoms with van der Waals surface area (Å²) in [6, 6.07) is 5.98. The second kappa shape index (κ2) is 6.72. The molecule has 0 aromatic heterocycles. The van der Waals surface area contributed by atoms with Gasteiger partial charge in [-0.3, -0.25) is 0 Å². The molecule has 21 heavy (non-hydrogen) atoms. The highest BCUT2D eigenvalue weighted by Gasteiger charge is 2.44. The van der Waals surface area contributed by atoms with E-state index < -0.39 is 37.3 Å². The number of hydrogen-bond donors (Lipinski definition) is 4. The van der Waals surface area contributed by atoms with E-state index in [4.69, 9.17) is 20.1 Å². The summed E-state index contributed by atoms with van der Waals surface area (Å²) in [7, 11) is 0. The molecule has 1 aromatic carbocycles. The average Bonchev–Trinajstić information content (AvgIpc) is 2.50. The molecule has 5 atom stereocenters. The van der Waals surface area contributed by atoms with E-state index in [1.807, 2.05) is 0 Å². The Morgan fingerprint density at radius 2 is 1.81 bits per heavy atom. The van der Waals surface area contributed by atoms with Gasteiger partial charge in [-0.1, -0.05) is 5.11 Å². The van der Waals surface area contributed by atoms with Crippen LogP contribution in [0.3, 0.4) is 0 Å². The van der Waals surface area contributed by atoms with Gasteiger partial charge in [-0.05, 0) is 29.8 Å². The second-order valence-electron chi connectivity index (χ2n) is 4.50. The van der Waals surface area contributed by atoms with Gasteiger partial charge in [-0.2, -0.15) is 0 Å². The number of azide groups is 1. The molecule has 0 spiro atoms. The molecule has 9 nitrogen and oxygen atoms in total. The minimum atomic E-state index is -1.50. The third kappa shape index (κ3) is 3.42. The first-order chi connectivity index (χ1) is 10.1. The maximum absolute atomic E-state index is 9.81. The molecule has 0 bridgehead atoms. The van der Waals surface area contributed by atoms with Crippen molar-refractivity contribution in [3.63, 3.8) is 0 Å². The number of hydrogen-bond acceptors (Lipinski definition) is 7. The maximum atomic E-state index is 9.81. The monoisotopic (exact) mass is 297 g/mol. The van der Waals surface area contributed by atoms with Gasteiger partial charge in [0.2, 0.25) is 6.29 Å². The fourth-order valence-corrected chi connectivity index (χ4v) is 1.94. The van der Waals surface area contributed by atoms with Gasteiger partial charge in [0.25, 0.3) is 0 Å². The summed E-state index contributed by atoms with van der Waals surface area (Å²) in [5.41, 5.74) is 8.68. The van der Waals surface area contributed by atoms with Crippen LogP contribution in [-0.2, 0) is 4.74 Å². The summed E-state index contributed by atoms with van der Waals surface area (Å²) in [4.78, 5) is 2.63. The van der Waals surface area contributed by atoms with Crippen LogP contribution in [0.2, 0.25) is 0 Å². The maximum Gasteiger partial charge on any atom is 0.229 e. The van der Waals surface area contributed by atoms with E-state index in [2.05, 4.69) is 10.0 Å². The molecular weight excluding hydrogens is 282 g/mol. The average molecular weight is 297 g/mol. The van der Waals surface area contributed by atoms with E-state index in [-0.39, 0.29) is 0 Å². The van der Waals surface area contributed by atoms with E-state index >= 15 is 0 Å². The lowest BCUT2D eigenvalue weighted by molar-refractivity contribution is -0.277. The molecule has 1 fully saturated rings. The Bertz CT molecular complexity index is 516. The van der Waals surface area contributed by atoms with Gasteiger partial charge in [0.15, 0.2) is 0 Å². The third-order valence-electron chi connectivity index (χ3n) is 3.10. The fourth-order valence-electron chi connectivity index (χ4n) is 1.94. The minimum Gasteiger partial charge on any atom is -0.462 e. The first kappa shape index (κ1) is 15.5. The Balaban J connectivity index is 2.08. The zero-order chi connectivity index (χ0) is 15.4. The van der Waals surface area contributed by atoms with Gasteiger partial charge < -0.3 is 29.9 Å². The van der Waals surface area contributed by atoms with E-state index in [1.165, 1.54) is 24.3 Å². The Hall–Kier alpha value is -1.87.